The molecule has 0 heterocycles. The molecule has 0 rings (SSSR count). The molecule has 0 aromatic heterocycles. The van der Waals surface area contributed by atoms with E-state index in [1.807, 2.05) is 0 Å². The monoisotopic (exact) mass is 313 g/mol. The highest BCUT2D eigenvalue weighted by Gasteiger charge is 2.37. The van der Waals surface area contributed by atoms with Crippen molar-refractivity contribution in [2.24, 2.45) is 5.73 Å². The zero-order valence-electron chi connectivity index (χ0n) is 9.85. The third-order valence-electron chi connectivity index (χ3n) is 1.68. The van der Waals surface area contributed by atoms with Crippen molar-refractivity contribution in [3.05, 3.63) is 12.7 Å². The third-order valence-corrected chi connectivity index (χ3v) is 2.42. The molecule has 0 amide bonds. The van der Waals surface area contributed by atoms with Crippen LogP contribution in [0.5, 0.6) is 0 Å². The molecule has 10 heteroatoms. The van der Waals surface area contributed by atoms with E-state index in [0.29, 0.717) is 6.54 Å². The van der Waals surface area contributed by atoms with E-state index in [2.05, 4.69) is 6.58 Å². The fourth-order valence-corrected chi connectivity index (χ4v) is 1.36. The summed E-state index contributed by atoms with van der Waals surface area (Å²) in [7, 11) is -4.83. The summed E-state index contributed by atoms with van der Waals surface area (Å²) in [5.74, 6) is -1.70. The number of hydrogen-bond acceptors (Lipinski definition) is 3. The number of halogens is 5. The van der Waals surface area contributed by atoms with Crippen LogP contribution in [0.2, 0.25) is 0 Å². The van der Waals surface area contributed by atoms with E-state index in [9.17, 15) is 30.4 Å². The maximum Gasteiger partial charge on any atom is 0.267 e. The third kappa shape index (κ3) is 10.8. The van der Waals surface area contributed by atoms with Crippen LogP contribution < -0.4 is 5.73 Å². The van der Waals surface area contributed by atoms with Gasteiger partial charge < -0.3 is 5.73 Å². The number of nitrogens with two attached hydrogens (primary N) is 1. The Balaban J connectivity index is 0. The fraction of sp³-hybridized carbons (Fsp3) is 0.778. The molecule has 0 saturated heterocycles. The molecule has 0 saturated carbocycles. The van der Waals surface area contributed by atoms with Gasteiger partial charge in [0.2, 0.25) is 0 Å². The Kier molecular flexibility index (Phi) is 10.9. The number of alkyl halides is 5. The van der Waals surface area contributed by atoms with Crippen molar-refractivity contribution in [1.29, 1.82) is 0 Å². The lowest BCUT2D eigenvalue weighted by molar-refractivity contribution is 0.0302. The molecule has 0 aromatic carbocycles. The van der Waals surface area contributed by atoms with Crippen LogP contribution in [0.25, 0.3) is 0 Å². The summed E-state index contributed by atoms with van der Waals surface area (Å²) in [5.41, 5.74) is 4.91. The molecule has 0 aliphatic rings. The zero-order valence-corrected chi connectivity index (χ0v) is 10.7. The first-order valence-electron chi connectivity index (χ1n) is 4.99. The van der Waals surface area contributed by atoms with Gasteiger partial charge in [0.1, 0.15) is 12.4 Å². The molecule has 0 spiro atoms. The van der Waals surface area contributed by atoms with Crippen LogP contribution in [0.3, 0.4) is 0 Å². The molecule has 0 fully saturated rings. The molecular weight excluding hydrogens is 297 g/mol. The molecule has 0 radical (unpaired) electrons. The SMILES string of the molecule is C=CCN.O=S(=O)(O)CC(F)C(F)C(F)C(F)CF. The maximum absolute atomic E-state index is 12.6. The van der Waals surface area contributed by atoms with E-state index in [1.165, 1.54) is 0 Å². The van der Waals surface area contributed by atoms with Gasteiger partial charge in [0, 0.05) is 6.54 Å². The van der Waals surface area contributed by atoms with Gasteiger partial charge in [-0.1, -0.05) is 6.08 Å². The van der Waals surface area contributed by atoms with Gasteiger partial charge in [-0.15, -0.1) is 6.58 Å². The van der Waals surface area contributed by atoms with Crippen molar-refractivity contribution >= 4 is 10.1 Å². The molecule has 0 aliphatic carbocycles. The van der Waals surface area contributed by atoms with Gasteiger partial charge in [-0.25, -0.2) is 22.0 Å². The Morgan fingerprint density at radius 2 is 1.53 bits per heavy atom. The first kappa shape index (κ1) is 20.6. The second-order valence-electron chi connectivity index (χ2n) is 3.35. The average Bonchev–Trinajstić information content (AvgIpc) is 2.34. The van der Waals surface area contributed by atoms with Gasteiger partial charge >= 0.3 is 0 Å². The van der Waals surface area contributed by atoms with Crippen LogP contribution >= 0.6 is 0 Å². The van der Waals surface area contributed by atoms with Gasteiger partial charge in [0.25, 0.3) is 10.1 Å². The zero-order chi connectivity index (χ0) is 15.6. The lowest BCUT2D eigenvalue weighted by Crippen LogP contribution is -2.39. The molecule has 4 atom stereocenters. The van der Waals surface area contributed by atoms with E-state index < -0.39 is 47.2 Å². The van der Waals surface area contributed by atoms with E-state index in [0.717, 1.165) is 0 Å². The Hall–Kier alpha value is -0.740. The first-order chi connectivity index (χ1) is 8.60. The van der Waals surface area contributed by atoms with Gasteiger partial charge in [-0.05, 0) is 0 Å². The summed E-state index contributed by atoms with van der Waals surface area (Å²) < 4.78 is 89.7. The van der Waals surface area contributed by atoms with E-state index >= 15 is 0 Å². The van der Waals surface area contributed by atoms with Crippen LogP contribution in [0.4, 0.5) is 22.0 Å². The van der Waals surface area contributed by atoms with Crippen molar-refractivity contribution < 1.29 is 34.9 Å². The molecular formula is C9H16F5NO3S. The van der Waals surface area contributed by atoms with Crippen LogP contribution in [0, 0.1) is 0 Å². The predicted octanol–water partition coefficient (Wildman–Crippen LogP) is 1.33. The van der Waals surface area contributed by atoms with E-state index in [1.54, 1.807) is 6.08 Å². The Bertz CT molecular complexity index is 341. The van der Waals surface area contributed by atoms with Crippen LogP contribution in [0.15, 0.2) is 12.7 Å². The molecule has 19 heavy (non-hydrogen) atoms. The fourth-order valence-electron chi connectivity index (χ4n) is 0.777. The number of hydrogen-bond donors (Lipinski definition) is 2. The van der Waals surface area contributed by atoms with Gasteiger partial charge in [0.05, 0.1) is 0 Å². The van der Waals surface area contributed by atoms with Gasteiger partial charge in [0.15, 0.2) is 24.7 Å². The maximum atomic E-state index is 12.6. The number of rotatable bonds is 7. The molecule has 0 aromatic rings. The van der Waals surface area contributed by atoms with Crippen molar-refractivity contribution in [1.82, 2.24) is 0 Å². The topological polar surface area (TPSA) is 80.4 Å². The van der Waals surface area contributed by atoms with Crippen LogP contribution in [-0.2, 0) is 10.1 Å². The van der Waals surface area contributed by atoms with E-state index in [-0.39, 0.29) is 0 Å². The summed E-state index contributed by atoms with van der Waals surface area (Å²) in [5, 5.41) is 0. The van der Waals surface area contributed by atoms with Crippen molar-refractivity contribution in [3.8, 4) is 0 Å². The second kappa shape index (κ2) is 10.1. The Morgan fingerprint density at radius 1 is 1.16 bits per heavy atom. The smallest absolute Gasteiger partial charge is 0.267 e. The minimum absolute atomic E-state index is 0.583. The minimum Gasteiger partial charge on any atom is -0.327 e. The minimum atomic E-state index is -4.83. The first-order valence-corrected chi connectivity index (χ1v) is 6.60. The average molecular weight is 313 g/mol. The summed E-state index contributed by atoms with van der Waals surface area (Å²) in [6.07, 6.45) is -10.4. The summed E-state index contributed by atoms with van der Waals surface area (Å²) >= 11 is 0. The van der Waals surface area contributed by atoms with Crippen molar-refractivity contribution in [2.75, 3.05) is 19.0 Å². The molecule has 0 aliphatic heterocycles. The van der Waals surface area contributed by atoms with Crippen LogP contribution in [0.1, 0.15) is 0 Å². The summed E-state index contributed by atoms with van der Waals surface area (Å²) in [6.45, 7) is 2.09. The lowest BCUT2D eigenvalue weighted by atomic mass is 10.1. The highest BCUT2D eigenvalue weighted by molar-refractivity contribution is 7.85. The van der Waals surface area contributed by atoms with E-state index in [4.69, 9.17) is 10.3 Å². The van der Waals surface area contributed by atoms with Crippen molar-refractivity contribution in [2.45, 2.75) is 24.7 Å². The summed E-state index contributed by atoms with van der Waals surface area (Å²) in [6, 6.07) is 0. The standard InChI is InChI=1S/C6H9F5O3S.C3H7N/c7-1-3(8)5(10)6(11)4(9)2-15(12,13)14;1-2-3-4/h3-6H,1-2H2,(H,12,13,14);2H,1,3-4H2. The molecule has 0 bridgehead atoms. The predicted molar refractivity (Wildman–Crippen MR) is 61.2 cm³/mol. The molecule has 116 valence electrons. The van der Waals surface area contributed by atoms with Crippen LogP contribution in [-0.4, -0.2) is 56.6 Å². The largest absolute Gasteiger partial charge is 0.327 e. The molecule has 4 unspecified atom stereocenters. The molecule has 3 N–H and O–H groups in total. The Labute approximate surface area is 108 Å². The lowest BCUT2D eigenvalue weighted by Gasteiger charge is -2.17. The summed E-state index contributed by atoms with van der Waals surface area (Å²) in [4.78, 5) is 0. The quantitative estimate of drug-likeness (QED) is 0.422. The Morgan fingerprint density at radius 3 is 1.79 bits per heavy atom. The van der Waals surface area contributed by atoms with Gasteiger partial charge in [-0.3, -0.25) is 4.55 Å². The second-order valence-corrected chi connectivity index (χ2v) is 4.85. The highest BCUT2D eigenvalue weighted by Crippen LogP contribution is 2.18. The molecule has 4 nitrogen and oxygen atoms in total. The highest BCUT2D eigenvalue weighted by atomic mass is 32.2. The van der Waals surface area contributed by atoms with Gasteiger partial charge in [-0.2, -0.15) is 8.42 Å². The van der Waals surface area contributed by atoms with Crippen molar-refractivity contribution in [3.63, 3.8) is 0 Å². The normalized spacial score (nSPS) is 17.6.